The quantitative estimate of drug-likeness (QED) is 0.259. The predicted molar refractivity (Wildman–Crippen MR) is 139 cm³/mol. The first-order valence-corrected chi connectivity index (χ1v) is 10.7. The van der Waals surface area contributed by atoms with Crippen molar-refractivity contribution in [3.05, 3.63) is 69.8 Å². The lowest BCUT2D eigenvalue weighted by molar-refractivity contribution is -0.138. The van der Waals surface area contributed by atoms with Gasteiger partial charge in [-0.25, -0.2) is 0 Å². The van der Waals surface area contributed by atoms with Crippen LogP contribution < -0.4 is 0 Å². The van der Waals surface area contributed by atoms with Crippen molar-refractivity contribution in [3.63, 3.8) is 0 Å². The van der Waals surface area contributed by atoms with Crippen LogP contribution in [0.5, 0.6) is 0 Å². The highest BCUT2D eigenvalue weighted by atomic mass is 19.4. The van der Waals surface area contributed by atoms with Crippen LogP contribution in [-0.2, 0) is 30.4 Å². The first-order chi connectivity index (χ1) is 25.8. The van der Waals surface area contributed by atoms with Gasteiger partial charge in [0.25, 0.3) is 0 Å². The molecule has 2 aliphatic rings. The second kappa shape index (κ2) is 11.4. The summed E-state index contributed by atoms with van der Waals surface area (Å²) < 4.78 is 235. The molecule has 0 radical (unpaired) electrons. The Balaban J connectivity index is 1.82. The van der Waals surface area contributed by atoms with Gasteiger partial charge < -0.3 is 4.84 Å². The second-order valence-corrected chi connectivity index (χ2v) is 7.95. The van der Waals surface area contributed by atoms with Crippen LogP contribution in [0.15, 0.2) is 41.6 Å². The number of likely N-dealkylation sites (tertiary alicyclic amines) is 1. The molecule has 2 aromatic rings. The summed E-state index contributed by atoms with van der Waals surface area (Å²) in [7, 11) is 0. The molecule has 2 fully saturated rings. The maximum Gasteiger partial charge on any atom is 0.416 e. The summed E-state index contributed by atoms with van der Waals surface area (Å²) in [5.74, 6) is -8.54. The molecule has 0 atom stereocenters. The topological polar surface area (TPSA) is 24.8 Å². The van der Waals surface area contributed by atoms with Crippen molar-refractivity contribution >= 4 is 5.71 Å². The molecule has 2 aromatic carbocycles. The van der Waals surface area contributed by atoms with Gasteiger partial charge >= 0.3 is 6.18 Å². The molecule has 1 saturated carbocycles. The fourth-order valence-corrected chi connectivity index (χ4v) is 3.38. The second-order valence-electron chi connectivity index (χ2n) is 7.95. The van der Waals surface area contributed by atoms with E-state index in [1.165, 1.54) is 0 Å². The molecule has 36 heavy (non-hydrogen) atoms. The molecule has 1 aliphatic heterocycles. The highest BCUT2D eigenvalue weighted by Crippen LogP contribution is 2.42. The smallest absolute Gasteiger partial charge is 0.391 e. The number of alkyl halides is 3. The summed E-state index contributed by atoms with van der Waals surface area (Å²) in [6, 6.07) is 3.65. The summed E-state index contributed by atoms with van der Waals surface area (Å²) in [5, 5.41) is 3.56. The molecule has 1 aliphatic carbocycles. The third-order valence-corrected chi connectivity index (χ3v) is 5.19. The Kier molecular flexibility index (Phi) is 3.19. The van der Waals surface area contributed by atoms with Crippen molar-refractivity contribution < 1.29 is 49.5 Å². The number of hydrogen-bond acceptors (Lipinski definition) is 3. The Morgan fingerprint density at radius 3 is 2.56 bits per heavy atom. The lowest BCUT2D eigenvalue weighted by atomic mass is 9.78. The van der Waals surface area contributed by atoms with Gasteiger partial charge in [0.05, 0.1) is 14.0 Å². The van der Waals surface area contributed by atoms with Crippen LogP contribution in [0, 0.1) is 11.8 Å². The fraction of sp³-hybridized carbons (Fsp3) is 0.567. The Labute approximate surface area is 246 Å². The van der Waals surface area contributed by atoms with Crippen molar-refractivity contribution in [2.75, 3.05) is 13.0 Å². The van der Waals surface area contributed by atoms with E-state index in [2.05, 4.69) is 5.16 Å². The Hall–Kier alpha value is -2.34. The maximum absolute atomic E-state index is 14.7. The van der Waals surface area contributed by atoms with E-state index < -0.39 is 122 Å². The van der Waals surface area contributed by atoms with Crippen LogP contribution in [0.4, 0.5) is 13.2 Å². The number of rotatable bonds is 8. The first kappa shape index (κ1) is 10.1. The Morgan fingerprint density at radius 2 is 1.86 bits per heavy atom. The van der Waals surface area contributed by atoms with Crippen molar-refractivity contribution in [2.24, 2.45) is 16.9 Å². The molecule has 196 valence electrons. The van der Waals surface area contributed by atoms with Gasteiger partial charge in [0.2, 0.25) is 0 Å². The van der Waals surface area contributed by atoms with Crippen LogP contribution >= 0.6 is 0 Å². The molecule has 4 rings (SSSR count). The number of benzene rings is 2. The lowest BCUT2D eigenvalue weighted by Gasteiger charge is -2.37. The van der Waals surface area contributed by atoms with Crippen molar-refractivity contribution in [1.82, 2.24) is 4.90 Å². The average molecular weight is 524 g/mol. The third kappa shape index (κ3) is 6.50. The molecule has 0 amide bonds. The largest absolute Gasteiger partial charge is 0.416 e. The highest BCUT2D eigenvalue weighted by Gasteiger charge is 2.36. The van der Waals surface area contributed by atoms with Crippen LogP contribution in [0.1, 0.15) is 124 Å². The maximum atomic E-state index is 14.7. The molecule has 0 spiro atoms. The van der Waals surface area contributed by atoms with Gasteiger partial charge in [0.1, 0.15) is 6.56 Å². The van der Waals surface area contributed by atoms with Gasteiger partial charge in [-0.05, 0) is 83.7 Å². The molecule has 1 saturated heterocycles. The molecule has 0 aromatic heterocycles. The van der Waals surface area contributed by atoms with E-state index in [1.807, 2.05) is 0 Å². The monoisotopic (exact) mass is 523 g/mol. The average Bonchev–Trinajstić information content (AvgIpc) is 3.04. The fourth-order valence-electron chi connectivity index (χ4n) is 3.38. The normalized spacial score (nSPS) is 44.2. The molecular formula is C30H39F3N2O. The molecule has 6 heteroatoms. The predicted octanol–water partition coefficient (Wildman–Crippen LogP) is 7.95. The zero-order chi connectivity index (χ0) is 46.4. The summed E-state index contributed by atoms with van der Waals surface area (Å²) in [6.45, 7) is -13.7. The van der Waals surface area contributed by atoms with Crippen LogP contribution in [0.25, 0.3) is 0 Å². The number of oxime groups is 1. The molecular weight excluding hydrogens is 461 g/mol. The van der Waals surface area contributed by atoms with E-state index in [0.29, 0.717) is 19.1 Å². The number of hydrogen-bond donors (Lipinski definition) is 0. The Morgan fingerprint density at radius 1 is 1.11 bits per heavy atom. The van der Waals surface area contributed by atoms with E-state index in [4.69, 9.17) is 36.4 Å². The Bertz CT molecular complexity index is 1980. The first-order valence-electron chi connectivity index (χ1n) is 22.2. The molecule has 1 heterocycles. The molecule has 3 nitrogen and oxygen atoms in total. The van der Waals surface area contributed by atoms with E-state index in [9.17, 15) is 13.2 Å². The number of halogens is 3. The van der Waals surface area contributed by atoms with Gasteiger partial charge in [-0.15, -0.1) is 0 Å². The minimum Gasteiger partial charge on any atom is -0.391 e. The molecule has 0 N–H and O–H groups in total. The van der Waals surface area contributed by atoms with Crippen LogP contribution in [0.2, 0.25) is 0 Å². The summed E-state index contributed by atoms with van der Waals surface area (Å²) in [4.78, 5) is 4.96. The highest BCUT2D eigenvalue weighted by molar-refractivity contribution is 5.98. The number of aryl methyl sites for hydroxylation is 1. The van der Waals surface area contributed by atoms with E-state index in [1.54, 1.807) is 0 Å². The SMILES string of the molecule is [2H]C([2H])(O/N=C(\C)c1ccc(C([2H])([2H])N2C([2H])([2H])C([2H])(C)C2([2H])[2H])c(C([2H])([2H])C([2H])([2H])[2H])c1)c1ccc(C2C([2H])([2H])C([2H])([2H])C([2H])(C)C([2H])([2H])C2([2H])[2H])c(C(F)(F)F)c1. The zero-order valence-electron chi connectivity index (χ0n) is 42.5. The standard InChI is InChI=1S/C30H39F3N2O/c1-5-24-15-26(11-12-27(24)18-35-16-21(3)17-35)22(4)34-36-19-23-8-13-28(29(14-23)30(31,32)33)25-9-6-20(2)7-10-25/h8,11-15,20-21,25H,5-7,9-10,16-19H2,1-4H3/b34-22+/i1D3,5D2,6D2,7D2,9D2,10D2,16D2,17D2,18D2,19D2,20D,21D. The van der Waals surface area contributed by atoms with E-state index in [0.717, 1.165) is 32.0 Å². The van der Waals surface area contributed by atoms with E-state index in [-0.39, 0.29) is 16.5 Å². The van der Waals surface area contributed by atoms with Gasteiger partial charge in [0, 0.05) is 48.3 Å². The van der Waals surface area contributed by atoms with Crippen molar-refractivity contribution in [2.45, 2.75) is 84.6 Å². The minimum absolute atomic E-state index is 0.0162. The van der Waals surface area contributed by atoms with Crippen molar-refractivity contribution in [1.29, 1.82) is 0 Å². The van der Waals surface area contributed by atoms with Crippen LogP contribution in [-0.4, -0.2) is 23.6 Å². The van der Waals surface area contributed by atoms with Gasteiger partial charge in [-0.3, -0.25) is 4.90 Å². The minimum atomic E-state index is -5.52. The summed E-state index contributed by atoms with van der Waals surface area (Å²) in [6.07, 6.45) is -23.4. The van der Waals surface area contributed by atoms with Gasteiger partial charge in [-0.2, -0.15) is 13.2 Å². The number of nitrogens with zero attached hydrogens (tertiary/aromatic N) is 2. The molecule has 0 unspecified atom stereocenters. The molecule has 0 bridgehead atoms. The third-order valence-electron chi connectivity index (χ3n) is 5.19. The van der Waals surface area contributed by atoms with E-state index >= 15 is 0 Å². The van der Waals surface area contributed by atoms with Gasteiger partial charge in [-0.1, -0.05) is 62.9 Å². The van der Waals surface area contributed by atoms with Crippen molar-refractivity contribution in [3.8, 4) is 0 Å². The van der Waals surface area contributed by atoms with Crippen LogP contribution in [0.3, 0.4) is 0 Å². The summed E-state index contributed by atoms with van der Waals surface area (Å²) in [5.41, 5.74) is -6.70. The zero-order valence-corrected chi connectivity index (χ0v) is 19.5. The summed E-state index contributed by atoms with van der Waals surface area (Å²) >= 11 is 0. The lowest BCUT2D eigenvalue weighted by Crippen LogP contribution is -2.44. The van der Waals surface area contributed by atoms with Gasteiger partial charge in [0.15, 0.2) is 0 Å².